The Hall–Kier alpha value is -3.31. The highest BCUT2D eigenvalue weighted by Gasteiger charge is 2.32. The van der Waals surface area contributed by atoms with Gasteiger partial charge in [-0.1, -0.05) is 29.8 Å². The van der Waals surface area contributed by atoms with Gasteiger partial charge in [-0.2, -0.15) is 4.72 Å². The number of ether oxygens (including phenoxy) is 1. The van der Waals surface area contributed by atoms with Crippen molar-refractivity contribution in [1.29, 1.82) is 0 Å². The van der Waals surface area contributed by atoms with Gasteiger partial charge in [-0.05, 0) is 71.2 Å². The third-order valence-corrected chi connectivity index (χ3v) is 6.92. The van der Waals surface area contributed by atoms with Gasteiger partial charge in [0.05, 0.1) is 11.0 Å². The maximum absolute atomic E-state index is 13.0. The first kappa shape index (κ1) is 28.9. The molecule has 11 heteroatoms. The van der Waals surface area contributed by atoms with Crippen LogP contribution in [-0.4, -0.2) is 42.9 Å². The number of esters is 1. The van der Waals surface area contributed by atoms with Crippen molar-refractivity contribution in [2.45, 2.75) is 77.5 Å². The first-order valence-electron chi connectivity index (χ1n) is 11.4. The summed E-state index contributed by atoms with van der Waals surface area (Å²) < 4.78 is 33.3. The van der Waals surface area contributed by atoms with E-state index in [-0.39, 0.29) is 6.42 Å². The van der Waals surface area contributed by atoms with E-state index in [2.05, 4.69) is 10.0 Å². The molecular weight excluding hydrogens is 486 g/mol. The van der Waals surface area contributed by atoms with Gasteiger partial charge >= 0.3 is 5.97 Å². The van der Waals surface area contributed by atoms with Gasteiger partial charge in [-0.3, -0.25) is 14.9 Å². The Bertz CT molecular complexity index is 1240. The number of nitrogens with zero attached hydrogens (tertiary/aromatic N) is 1. The number of carbonyl (C=O) groups is 2. The van der Waals surface area contributed by atoms with E-state index in [9.17, 15) is 28.1 Å². The Morgan fingerprint density at radius 1 is 1.08 bits per heavy atom. The minimum atomic E-state index is -4.41. The van der Waals surface area contributed by atoms with Gasteiger partial charge in [0.15, 0.2) is 4.90 Å². The zero-order valence-electron chi connectivity index (χ0n) is 21.5. The summed E-state index contributed by atoms with van der Waals surface area (Å²) in [6, 6.07) is 6.35. The highest BCUT2D eigenvalue weighted by Crippen LogP contribution is 2.23. The van der Waals surface area contributed by atoms with Crippen LogP contribution < -0.4 is 10.0 Å². The largest absolute Gasteiger partial charge is 0.458 e. The molecule has 2 atom stereocenters. The Morgan fingerprint density at radius 2 is 1.64 bits per heavy atom. The molecule has 196 valence electrons. The summed E-state index contributed by atoms with van der Waals surface area (Å²) in [7, 11) is -4.41. The third-order valence-electron chi connectivity index (χ3n) is 5.33. The number of nitro benzene ring substituents is 1. The lowest BCUT2D eigenvalue weighted by Gasteiger charge is -2.26. The lowest BCUT2D eigenvalue weighted by molar-refractivity contribution is -0.387. The first-order chi connectivity index (χ1) is 16.5. The van der Waals surface area contributed by atoms with Gasteiger partial charge in [-0.15, -0.1) is 0 Å². The lowest BCUT2D eigenvalue weighted by atomic mass is 9.94. The predicted molar refractivity (Wildman–Crippen MR) is 135 cm³/mol. The van der Waals surface area contributed by atoms with Gasteiger partial charge in [-0.25, -0.2) is 13.2 Å². The minimum Gasteiger partial charge on any atom is -0.458 e. The van der Waals surface area contributed by atoms with Gasteiger partial charge in [0.25, 0.3) is 5.69 Å². The molecule has 0 heterocycles. The molecule has 2 aromatic rings. The summed E-state index contributed by atoms with van der Waals surface area (Å²) in [5.74, 6) is -1.44. The standard InChI is InChI=1S/C25H33N3O7S/c1-15-12-16(2)19(17(3)13-15)14-20(24(30)35-25(5,6)7)26-23(29)18(4)27-36(33,34)22-11-9-8-10-21(22)28(31)32/h8-13,18,20,27H,14H2,1-7H3,(H,26,29)/t18-,20-/m0/s1. The number of amides is 1. The maximum Gasteiger partial charge on any atom is 0.329 e. The minimum absolute atomic E-state index is 0.141. The molecule has 1 amide bonds. The van der Waals surface area contributed by atoms with Gasteiger partial charge in [0.2, 0.25) is 15.9 Å². The van der Waals surface area contributed by atoms with Crippen LogP contribution in [0.1, 0.15) is 49.9 Å². The third kappa shape index (κ3) is 7.59. The van der Waals surface area contributed by atoms with Crippen LogP contribution in [0.25, 0.3) is 0 Å². The number of hydrogen-bond donors (Lipinski definition) is 2. The molecule has 0 saturated heterocycles. The van der Waals surface area contributed by atoms with E-state index in [1.807, 2.05) is 32.9 Å². The lowest BCUT2D eigenvalue weighted by Crippen LogP contribution is -2.52. The SMILES string of the molecule is Cc1cc(C)c(C[C@H](NC(=O)[C@H](C)NS(=O)(=O)c2ccccc2[N+](=O)[O-])C(=O)OC(C)(C)C)c(C)c1. The molecule has 2 rings (SSSR count). The molecule has 2 N–H and O–H groups in total. The van der Waals surface area contributed by atoms with Gasteiger partial charge in [0.1, 0.15) is 11.6 Å². The van der Waals surface area contributed by atoms with Crippen LogP contribution in [0, 0.1) is 30.9 Å². The Kier molecular flexibility index (Phi) is 8.98. The van der Waals surface area contributed by atoms with Crippen molar-refractivity contribution >= 4 is 27.6 Å². The summed E-state index contributed by atoms with van der Waals surface area (Å²) in [5.41, 5.74) is 2.39. The first-order valence-corrected chi connectivity index (χ1v) is 12.9. The molecule has 0 bridgehead atoms. The predicted octanol–water partition coefficient (Wildman–Crippen LogP) is 3.26. The average Bonchev–Trinajstić information content (AvgIpc) is 2.73. The number of rotatable bonds is 9. The maximum atomic E-state index is 13.0. The van der Waals surface area contributed by atoms with Crippen molar-refractivity contribution in [3.05, 3.63) is 68.8 Å². The molecule has 10 nitrogen and oxygen atoms in total. The van der Waals surface area contributed by atoms with Crippen molar-refractivity contribution in [2.24, 2.45) is 0 Å². The second-order valence-corrected chi connectivity index (χ2v) is 11.4. The van der Waals surface area contributed by atoms with Gasteiger partial charge < -0.3 is 10.1 Å². The summed E-state index contributed by atoms with van der Waals surface area (Å²) in [6.45, 7) is 12.2. The van der Waals surface area contributed by atoms with Crippen molar-refractivity contribution in [3.63, 3.8) is 0 Å². The monoisotopic (exact) mass is 519 g/mol. The molecule has 0 aliphatic heterocycles. The number of aryl methyl sites for hydroxylation is 3. The Morgan fingerprint density at radius 3 is 2.17 bits per heavy atom. The van der Waals surface area contributed by atoms with E-state index in [1.54, 1.807) is 20.8 Å². The quantitative estimate of drug-likeness (QED) is 0.294. The highest BCUT2D eigenvalue weighted by molar-refractivity contribution is 7.89. The molecule has 0 radical (unpaired) electrons. The van der Waals surface area contributed by atoms with E-state index in [4.69, 9.17) is 4.74 Å². The number of nitrogens with one attached hydrogen (secondary N) is 2. The number of benzene rings is 2. The molecule has 0 spiro atoms. The molecule has 0 aliphatic rings. The molecule has 0 aromatic heterocycles. The summed E-state index contributed by atoms with van der Waals surface area (Å²) in [5, 5.41) is 13.8. The van der Waals surface area contributed by atoms with Crippen molar-refractivity contribution in [3.8, 4) is 0 Å². The van der Waals surface area contributed by atoms with Crippen LogP contribution in [0.3, 0.4) is 0 Å². The number of sulfonamides is 1. The fourth-order valence-electron chi connectivity index (χ4n) is 3.78. The average molecular weight is 520 g/mol. The molecule has 36 heavy (non-hydrogen) atoms. The van der Waals surface area contributed by atoms with Crippen LogP contribution in [-0.2, 0) is 30.8 Å². The molecule has 0 saturated carbocycles. The smallest absolute Gasteiger partial charge is 0.329 e. The Balaban J connectivity index is 2.30. The van der Waals surface area contributed by atoms with E-state index >= 15 is 0 Å². The summed E-state index contributed by atoms with van der Waals surface area (Å²) in [6.07, 6.45) is 0.141. The number of nitro groups is 1. The molecule has 0 fully saturated rings. The zero-order valence-corrected chi connectivity index (χ0v) is 22.4. The zero-order chi connectivity index (χ0) is 27.4. The van der Waals surface area contributed by atoms with Crippen LogP contribution in [0.2, 0.25) is 0 Å². The van der Waals surface area contributed by atoms with Crippen LogP contribution in [0.4, 0.5) is 5.69 Å². The molecule has 2 aromatic carbocycles. The van der Waals surface area contributed by atoms with Crippen molar-refractivity contribution in [1.82, 2.24) is 10.0 Å². The second-order valence-electron chi connectivity index (χ2n) is 9.74. The molecular formula is C25H33N3O7S. The topological polar surface area (TPSA) is 145 Å². The van der Waals surface area contributed by atoms with E-state index in [0.717, 1.165) is 34.4 Å². The summed E-state index contributed by atoms with van der Waals surface area (Å²) >= 11 is 0. The van der Waals surface area contributed by atoms with Crippen LogP contribution >= 0.6 is 0 Å². The summed E-state index contributed by atoms with van der Waals surface area (Å²) in [4.78, 5) is 35.8. The van der Waals surface area contributed by atoms with Crippen molar-refractivity contribution in [2.75, 3.05) is 0 Å². The van der Waals surface area contributed by atoms with E-state index < -0.39 is 55.1 Å². The fourth-order valence-corrected chi connectivity index (χ4v) is 5.16. The van der Waals surface area contributed by atoms with Gasteiger partial charge in [0, 0.05) is 12.5 Å². The van der Waals surface area contributed by atoms with E-state index in [1.165, 1.54) is 19.1 Å². The Labute approximate surface area is 211 Å². The molecule has 0 aliphatic carbocycles. The number of hydrogen-bond acceptors (Lipinski definition) is 7. The van der Waals surface area contributed by atoms with Crippen molar-refractivity contribution < 1.29 is 27.7 Å². The highest BCUT2D eigenvalue weighted by atomic mass is 32.2. The second kappa shape index (κ2) is 11.2. The van der Waals surface area contributed by atoms with Crippen LogP contribution in [0.15, 0.2) is 41.3 Å². The number of carbonyl (C=O) groups excluding carboxylic acids is 2. The normalized spacial score (nSPS) is 13.5. The number of para-hydroxylation sites is 1. The van der Waals surface area contributed by atoms with Crippen LogP contribution in [0.5, 0.6) is 0 Å². The van der Waals surface area contributed by atoms with E-state index in [0.29, 0.717) is 0 Å². The fraction of sp³-hybridized carbons (Fsp3) is 0.440. The molecule has 0 unspecified atom stereocenters.